The van der Waals surface area contributed by atoms with E-state index in [-0.39, 0.29) is 11.8 Å². The van der Waals surface area contributed by atoms with Crippen molar-refractivity contribution < 1.29 is 18.7 Å². The SMILES string of the molecule is C/C=C\C(=C/C)C(=O)NN(C(=O)COc1c(F)cc(C)cc1Br)C(C)C. The monoisotopic (exact) mass is 426 g/mol. The smallest absolute Gasteiger partial charge is 0.279 e. The molecular formula is C19H24BrFN2O3. The molecule has 5 nitrogen and oxygen atoms in total. The van der Waals surface area contributed by atoms with E-state index in [2.05, 4.69) is 21.4 Å². The van der Waals surface area contributed by atoms with Gasteiger partial charge in [0.2, 0.25) is 0 Å². The van der Waals surface area contributed by atoms with Crippen molar-refractivity contribution in [1.82, 2.24) is 10.4 Å². The maximum atomic E-state index is 14.0. The van der Waals surface area contributed by atoms with Gasteiger partial charge in [-0.3, -0.25) is 15.0 Å². The van der Waals surface area contributed by atoms with Gasteiger partial charge in [0.05, 0.1) is 4.47 Å². The van der Waals surface area contributed by atoms with Crippen molar-refractivity contribution in [2.75, 3.05) is 6.61 Å². The Hall–Kier alpha value is -2.15. The number of benzene rings is 1. The highest BCUT2D eigenvalue weighted by Crippen LogP contribution is 2.29. The van der Waals surface area contributed by atoms with Crippen LogP contribution in [-0.4, -0.2) is 29.5 Å². The van der Waals surface area contributed by atoms with Crippen LogP contribution in [0.25, 0.3) is 0 Å². The zero-order valence-electron chi connectivity index (χ0n) is 15.6. The van der Waals surface area contributed by atoms with E-state index < -0.39 is 24.2 Å². The van der Waals surface area contributed by atoms with Crippen molar-refractivity contribution in [3.8, 4) is 5.75 Å². The van der Waals surface area contributed by atoms with Crippen molar-refractivity contribution >= 4 is 27.7 Å². The number of carbonyl (C=O) groups is 2. The lowest BCUT2D eigenvalue weighted by Gasteiger charge is -2.27. The Morgan fingerprint density at radius 3 is 2.50 bits per heavy atom. The number of allylic oxidation sites excluding steroid dienone is 2. The average molecular weight is 427 g/mol. The lowest BCUT2D eigenvalue weighted by Crippen LogP contribution is -2.52. The Labute approximate surface area is 162 Å². The van der Waals surface area contributed by atoms with Crippen molar-refractivity contribution in [2.24, 2.45) is 0 Å². The fourth-order valence-electron chi connectivity index (χ4n) is 2.16. The molecule has 1 aromatic carbocycles. The van der Waals surface area contributed by atoms with E-state index in [4.69, 9.17) is 4.74 Å². The number of hydrogen-bond donors (Lipinski definition) is 1. The summed E-state index contributed by atoms with van der Waals surface area (Å²) in [6.45, 7) is 8.38. The molecule has 0 aromatic heterocycles. The molecule has 0 unspecified atom stereocenters. The molecule has 0 heterocycles. The van der Waals surface area contributed by atoms with Gasteiger partial charge in [-0.25, -0.2) is 9.40 Å². The summed E-state index contributed by atoms with van der Waals surface area (Å²) in [5, 5.41) is 1.18. The summed E-state index contributed by atoms with van der Waals surface area (Å²) >= 11 is 3.23. The molecule has 0 bridgehead atoms. The summed E-state index contributed by atoms with van der Waals surface area (Å²) in [5.41, 5.74) is 3.73. The van der Waals surface area contributed by atoms with Crippen LogP contribution < -0.4 is 10.2 Å². The van der Waals surface area contributed by atoms with Gasteiger partial charge >= 0.3 is 0 Å². The van der Waals surface area contributed by atoms with Gasteiger partial charge in [0.25, 0.3) is 11.8 Å². The molecule has 0 atom stereocenters. The Morgan fingerprint density at radius 1 is 1.35 bits per heavy atom. The van der Waals surface area contributed by atoms with Crippen LogP contribution in [0.3, 0.4) is 0 Å². The summed E-state index contributed by atoms with van der Waals surface area (Å²) in [7, 11) is 0. The number of nitrogens with zero attached hydrogens (tertiary/aromatic N) is 1. The van der Waals surface area contributed by atoms with Crippen LogP contribution in [0.1, 0.15) is 33.3 Å². The van der Waals surface area contributed by atoms with Crippen molar-refractivity contribution in [3.63, 3.8) is 0 Å². The minimum atomic E-state index is -0.561. The van der Waals surface area contributed by atoms with Gasteiger partial charge in [-0.05, 0) is 68.2 Å². The molecule has 7 heteroatoms. The maximum absolute atomic E-state index is 14.0. The molecule has 0 saturated heterocycles. The van der Waals surface area contributed by atoms with Gasteiger partial charge in [-0.2, -0.15) is 0 Å². The third kappa shape index (κ3) is 5.98. The molecule has 0 spiro atoms. The topological polar surface area (TPSA) is 58.6 Å². The fourth-order valence-corrected chi connectivity index (χ4v) is 2.83. The Balaban J connectivity index is 2.86. The lowest BCUT2D eigenvalue weighted by molar-refractivity contribution is -0.144. The summed E-state index contributed by atoms with van der Waals surface area (Å²) in [6, 6.07) is 2.72. The number of hydrogen-bond acceptors (Lipinski definition) is 3. The number of carbonyl (C=O) groups excluding carboxylic acids is 2. The van der Waals surface area contributed by atoms with Gasteiger partial charge in [0, 0.05) is 11.6 Å². The third-order valence-electron chi connectivity index (χ3n) is 3.41. The third-order valence-corrected chi connectivity index (χ3v) is 4.00. The molecule has 0 radical (unpaired) electrons. The zero-order valence-corrected chi connectivity index (χ0v) is 17.2. The number of hydrazine groups is 1. The molecular weight excluding hydrogens is 403 g/mol. The molecule has 0 saturated carbocycles. The highest BCUT2D eigenvalue weighted by molar-refractivity contribution is 9.10. The van der Waals surface area contributed by atoms with E-state index in [1.54, 1.807) is 58.9 Å². The highest BCUT2D eigenvalue weighted by Gasteiger charge is 2.22. The standard InChI is InChI=1S/C19H24BrFN2O3/c1-6-8-14(7-2)19(25)22-23(12(3)4)17(24)11-26-18-15(20)9-13(5)10-16(18)21/h6-10,12H,11H2,1-5H3,(H,22,25)/b8-6-,14-7+. The second-order valence-electron chi connectivity index (χ2n) is 5.89. The first kappa shape index (κ1) is 21.9. The molecule has 142 valence electrons. The number of halogens is 2. The summed E-state index contributed by atoms with van der Waals surface area (Å²) in [4.78, 5) is 24.7. The van der Waals surface area contributed by atoms with Crippen LogP contribution in [-0.2, 0) is 9.59 Å². The van der Waals surface area contributed by atoms with Gasteiger partial charge in [0.1, 0.15) is 0 Å². The molecule has 0 aliphatic carbocycles. The van der Waals surface area contributed by atoms with Crippen molar-refractivity contribution in [3.05, 3.63) is 51.8 Å². The predicted molar refractivity (Wildman–Crippen MR) is 103 cm³/mol. The van der Waals surface area contributed by atoms with E-state index in [9.17, 15) is 14.0 Å². The van der Waals surface area contributed by atoms with Crippen molar-refractivity contribution in [1.29, 1.82) is 0 Å². The number of rotatable bonds is 6. The average Bonchev–Trinajstić information content (AvgIpc) is 2.55. The van der Waals surface area contributed by atoms with Gasteiger partial charge in [-0.15, -0.1) is 0 Å². The summed E-state index contributed by atoms with van der Waals surface area (Å²) in [5.74, 6) is -1.50. The van der Waals surface area contributed by atoms with E-state index in [1.165, 1.54) is 11.1 Å². The van der Waals surface area contributed by atoms with E-state index in [1.807, 2.05) is 0 Å². The quantitative estimate of drug-likeness (QED) is 0.423. The lowest BCUT2D eigenvalue weighted by atomic mass is 10.2. The van der Waals surface area contributed by atoms with Crippen LogP contribution >= 0.6 is 15.9 Å². The van der Waals surface area contributed by atoms with Crippen LogP contribution in [0.2, 0.25) is 0 Å². The number of amides is 2. The Kier molecular flexibility index (Phi) is 8.51. The summed E-state index contributed by atoms with van der Waals surface area (Å²) in [6.07, 6.45) is 5.03. The first-order valence-electron chi connectivity index (χ1n) is 8.21. The summed E-state index contributed by atoms with van der Waals surface area (Å²) < 4.78 is 19.8. The maximum Gasteiger partial charge on any atom is 0.279 e. The molecule has 1 N–H and O–H groups in total. The molecule has 0 aliphatic rings. The molecule has 0 aliphatic heterocycles. The molecule has 26 heavy (non-hydrogen) atoms. The second kappa shape index (κ2) is 10.1. The number of aryl methyl sites for hydroxylation is 1. The molecule has 2 amide bonds. The van der Waals surface area contributed by atoms with Gasteiger partial charge in [0.15, 0.2) is 18.2 Å². The highest BCUT2D eigenvalue weighted by atomic mass is 79.9. The predicted octanol–water partition coefficient (Wildman–Crippen LogP) is 4.07. The van der Waals surface area contributed by atoms with Crippen molar-refractivity contribution in [2.45, 2.75) is 40.7 Å². The van der Waals surface area contributed by atoms with E-state index in [0.29, 0.717) is 10.0 Å². The Bertz CT molecular complexity index is 706. The van der Waals surface area contributed by atoms with Crippen LogP contribution in [0, 0.1) is 12.7 Å². The number of ether oxygens (including phenoxy) is 1. The normalized spacial score (nSPS) is 11.8. The minimum Gasteiger partial charge on any atom is -0.479 e. The largest absolute Gasteiger partial charge is 0.479 e. The number of nitrogens with one attached hydrogen (secondary N) is 1. The van der Waals surface area contributed by atoms with Crippen LogP contribution in [0.15, 0.2) is 40.4 Å². The van der Waals surface area contributed by atoms with E-state index >= 15 is 0 Å². The Morgan fingerprint density at radius 2 is 2.00 bits per heavy atom. The molecule has 1 aromatic rings. The van der Waals surface area contributed by atoms with Crippen LogP contribution in [0.5, 0.6) is 5.75 Å². The fraction of sp³-hybridized carbons (Fsp3) is 0.368. The van der Waals surface area contributed by atoms with Crippen LogP contribution in [0.4, 0.5) is 4.39 Å². The first-order valence-corrected chi connectivity index (χ1v) is 9.01. The molecule has 0 fully saturated rings. The van der Waals surface area contributed by atoms with Gasteiger partial charge in [-0.1, -0.05) is 18.2 Å². The second-order valence-corrected chi connectivity index (χ2v) is 6.74. The van der Waals surface area contributed by atoms with E-state index in [0.717, 1.165) is 5.56 Å². The first-order chi connectivity index (χ1) is 12.2. The molecule has 1 rings (SSSR count). The van der Waals surface area contributed by atoms with Gasteiger partial charge < -0.3 is 4.74 Å². The minimum absolute atomic E-state index is 0.0398. The zero-order chi connectivity index (χ0) is 19.9.